The Morgan fingerprint density at radius 2 is 1.76 bits per heavy atom. The van der Waals surface area contributed by atoms with Gasteiger partial charge in [0.25, 0.3) is 0 Å². The third-order valence-electron chi connectivity index (χ3n) is 3.42. The Balaban J connectivity index is 1.87. The van der Waals surface area contributed by atoms with E-state index in [-0.39, 0.29) is 6.61 Å². The summed E-state index contributed by atoms with van der Waals surface area (Å²) < 4.78 is 5.23. The van der Waals surface area contributed by atoms with Gasteiger partial charge in [0.15, 0.2) is 6.61 Å². The third-order valence-corrected chi connectivity index (χ3v) is 3.42. The second-order valence-electron chi connectivity index (χ2n) is 5.10. The van der Waals surface area contributed by atoms with Crippen molar-refractivity contribution in [2.45, 2.75) is 26.4 Å². The molecule has 1 unspecified atom stereocenters. The number of benzene rings is 2. The van der Waals surface area contributed by atoms with Crippen LogP contribution >= 0.6 is 0 Å². The summed E-state index contributed by atoms with van der Waals surface area (Å²) in [6, 6.07) is 18.7. The van der Waals surface area contributed by atoms with Gasteiger partial charge in [-0.15, -0.1) is 0 Å². The highest BCUT2D eigenvalue weighted by Crippen LogP contribution is 2.15. The van der Waals surface area contributed by atoms with E-state index in [1.54, 1.807) is 0 Å². The van der Waals surface area contributed by atoms with Gasteiger partial charge in [-0.1, -0.05) is 42.0 Å². The highest BCUT2D eigenvalue weighted by Gasteiger charge is 2.04. The van der Waals surface area contributed by atoms with E-state index in [2.05, 4.69) is 43.4 Å². The van der Waals surface area contributed by atoms with Gasteiger partial charge in [0.1, 0.15) is 11.8 Å². The zero-order valence-electron chi connectivity index (χ0n) is 12.5. The molecule has 0 bridgehead atoms. The fraction of sp³-hybridized carbons (Fsp3) is 0.278. The molecule has 0 aliphatic carbocycles. The molecule has 1 atom stereocenters. The van der Waals surface area contributed by atoms with Gasteiger partial charge in [0, 0.05) is 12.6 Å². The quantitative estimate of drug-likeness (QED) is 0.876. The summed E-state index contributed by atoms with van der Waals surface area (Å²) in [6.45, 7) is 5.14. The van der Waals surface area contributed by atoms with Crippen LogP contribution < -0.4 is 10.1 Å². The molecule has 0 saturated heterocycles. The van der Waals surface area contributed by atoms with Crippen molar-refractivity contribution in [3.63, 3.8) is 0 Å². The molecule has 0 amide bonds. The van der Waals surface area contributed by atoms with Crippen LogP contribution in [-0.4, -0.2) is 6.61 Å². The summed E-state index contributed by atoms with van der Waals surface area (Å²) in [5.41, 5.74) is 3.76. The average molecular weight is 280 g/mol. The van der Waals surface area contributed by atoms with Gasteiger partial charge in [0.2, 0.25) is 0 Å². The number of hydrogen-bond donors (Lipinski definition) is 1. The van der Waals surface area contributed by atoms with Crippen molar-refractivity contribution >= 4 is 0 Å². The topological polar surface area (TPSA) is 45.0 Å². The highest BCUT2D eigenvalue weighted by molar-refractivity contribution is 5.28. The van der Waals surface area contributed by atoms with Crippen LogP contribution in [0.5, 0.6) is 5.75 Å². The third kappa shape index (κ3) is 4.62. The van der Waals surface area contributed by atoms with Crippen molar-refractivity contribution < 1.29 is 4.74 Å². The van der Waals surface area contributed by atoms with Gasteiger partial charge in [-0.25, -0.2) is 0 Å². The van der Waals surface area contributed by atoms with Gasteiger partial charge in [-0.05, 0) is 37.1 Å². The van der Waals surface area contributed by atoms with Crippen molar-refractivity contribution in [1.82, 2.24) is 5.32 Å². The summed E-state index contributed by atoms with van der Waals surface area (Å²) in [7, 11) is 0. The Bertz CT molecular complexity index is 597. The summed E-state index contributed by atoms with van der Waals surface area (Å²) in [4.78, 5) is 0. The molecule has 108 valence electrons. The van der Waals surface area contributed by atoms with E-state index in [4.69, 9.17) is 10.00 Å². The van der Waals surface area contributed by atoms with Gasteiger partial charge >= 0.3 is 0 Å². The second-order valence-corrected chi connectivity index (χ2v) is 5.10. The molecule has 2 aromatic carbocycles. The largest absolute Gasteiger partial charge is 0.479 e. The fourth-order valence-corrected chi connectivity index (χ4v) is 2.06. The molecule has 0 radical (unpaired) electrons. The van der Waals surface area contributed by atoms with Crippen molar-refractivity contribution in [2.24, 2.45) is 0 Å². The Labute approximate surface area is 126 Å². The number of aryl methyl sites for hydroxylation is 1. The van der Waals surface area contributed by atoms with Crippen LogP contribution in [0.3, 0.4) is 0 Å². The van der Waals surface area contributed by atoms with E-state index in [1.807, 2.05) is 30.3 Å². The van der Waals surface area contributed by atoms with Gasteiger partial charge in [-0.3, -0.25) is 0 Å². The molecule has 3 heteroatoms. The molecule has 0 fully saturated rings. The SMILES string of the molecule is Cc1ccc(C(C)NCc2ccc(OCC#N)cc2)cc1. The lowest BCUT2D eigenvalue weighted by Gasteiger charge is -2.14. The molecule has 21 heavy (non-hydrogen) atoms. The first-order valence-electron chi connectivity index (χ1n) is 7.07. The van der Waals surface area contributed by atoms with Crippen LogP contribution in [0.4, 0.5) is 0 Å². The van der Waals surface area contributed by atoms with Crippen LogP contribution in [-0.2, 0) is 6.54 Å². The van der Waals surface area contributed by atoms with Crippen molar-refractivity contribution in [3.05, 3.63) is 65.2 Å². The fourth-order valence-electron chi connectivity index (χ4n) is 2.06. The first-order chi connectivity index (χ1) is 10.2. The van der Waals surface area contributed by atoms with Crippen LogP contribution in [0, 0.1) is 18.3 Å². The van der Waals surface area contributed by atoms with Crippen molar-refractivity contribution in [2.75, 3.05) is 6.61 Å². The smallest absolute Gasteiger partial charge is 0.174 e. The standard InChI is InChI=1S/C18H20N2O/c1-14-3-7-17(8-4-14)15(2)20-13-16-5-9-18(10-6-16)21-12-11-19/h3-10,15,20H,12-13H2,1-2H3. The summed E-state index contributed by atoms with van der Waals surface area (Å²) in [5.74, 6) is 0.729. The number of nitrogens with one attached hydrogen (secondary N) is 1. The van der Waals surface area contributed by atoms with Gasteiger partial charge in [0.05, 0.1) is 0 Å². The molecular formula is C18H20N2O. The number of nitriles is 1. The average Bonchev–Trinajstić information content (AvgIpc) is 2.52. The predicted octanol–water partition coefficient (Wildman–Crippen LogP) is 3.75. The molecule has 0 aliphatic heterocycles. The Hall–Kier alpha value is -2.31. The molecule has 0 saturated carbocycles. The molecule has 0 aromatic heterocycles. The Morgan fingerprint density at radius 3 is 2.38 bits per heavy atom. The predicted molar refractivity (Wildman–Crippen MR) is 84.0 cm³/mol. The highest BCUT2D eigenvalue weighted by atomic mass is 16.5. The normalized spacial score (nSPS) is 11.7. The van der Waals surface area contributed by atoms with Gasteiger partial charge < -0.3 is 10.1 Å². The number of hydrogen-bond acceptors (Lipinski definition) is 3. The van der Waals surface area contributed by atoms with Crippen molar-refractivity contribution in [3.8, 4) is 11.8 Å². The van der Waals surface area contributed by atoms with E-state index in [9.17, 15) is 0 Å². The number of ether oxygens (including phenoxy) is 1. The minimum atomic E-state index is 0.0854. The summed E-state index contributed by atoms with van der Waals surface area (Å²) in [5, 5.41) is 12.0. The zero-order valence-corrected chi connectivity index (χ0v) is 12.5. The zero-order chi connectivity index (χ0) is 15.1. The lowest BCUT2D eigenvalue weighted by molar-refractivity contribution is 0.368. The van der Waals surface area contributed by atoms with Crippen LogP contribution in [0.25, 0.3) is 0 Å². The molecule has 1 N–H and O–H groups in total. The summed E-state index contributed by atoms with van der Waals surface area (Å²) >= 11 is 0. The molecule has 2 rings (SSSR count). The van der Waals surface area contributed by atoms with E-state index < -0.39 is 0 Å². The first-order valence-corrected chi connectivity index (χ1v) is 7.07. The number of nitrogens with zero attached hydrogens (tertiary/aromatic N) is 1. The van der Waals surface area contributed by atoms with E-state index in [0.29, 0.717) is 6.04 Å². The van der Waals surface area contributed by atoms with E-state index >= 15 is 0 Å². The van der Waals surface area contributed by atoms with Crippen LogP contribution in [0.2, 0.25) is 0 Å². The maximum Gasteiger partial charge on any atom is 0.174 e. The first kappa shape index (κ1) is 15.1. The maximum atomic E-state index is 8.47. The minimum absolute atomic E-state index is 0.0854. The minimum Gasteiger partial charge on any atom is -0.479 e. The van der Waals surface area contributed by atoms with Gasteiger partial charge in [-0.2, -0.15) is 5.26 Å². The molecule has 2 aromatic rings. The van der Waals surface area contributed by atoms with Crippen molar-refractivity contribution in [1.29, 1.82) is 5.26 Å². The molecule has 0 spiro atoms. The monoisotopic (exact) mass is 280 g/mol. The lowest BCUT2D eigenvalue weighted by Crippen LogP contribution is -2.17. The van der Waals surface area contributed by atoms with Crippen LogP contribution in [0.1, 0.15) is 29.7 Å². The molecule has 3 nitrogen and oxygen atoms in total. The molecular weight excluding hydrogens is 260 g/mol. The lowest BCUT2D eigenvalue weighted by atomic mass is 10.1. The van der Waals surface area contributed by atoms with E-state index in [0.717, 1.165) is 12.3 Å². The Kier molecular flexibility index (Phi) is 5.36. The summed E-state index contributed by atoms with van der Waals surface area (Å²) in [6.07, 6.45) is 0. The molecule has 0 aliphatic rings. The van der Waals surface area contributed by atoms with E-state index in [1.165, 1.54) is 16.7 Å². The second kappa shape index (κ2) is 7.47. The molecule has 0 heterocycles. The number of rotatable bonds is 6. The van der Waals surface area contributed by atoms with Crippen LogP contribution in [0.15, 0.2) is 48.5 Å². The Morgan fingerprint density at radius 1 is 1.10 bits per heavy atom. The maximum absolute atomic E-state index is 8.47.